The summed E-state index contributed by atoms with van der Waals surface area (Å²) in [6.07, 6.45) is 5.65. The number of carbonyl (C=O) groups is 1. The molecule has 0 spiro atoms. The Morgan fingerprint density at radius 2 is 1.81 bits per heavy atom. The second-order valence-electron chi connectivity index (χ2n) is 7.80. The maximum absolute atomic E-state index is 12.9. The summed E-state index contributed by atoms with van der Waals surface area (Å²) >= 11 is 0. The Labute approximate surface area is 153 Å². The molecule has 1 N–H and O–H groups in total. The topological polar surface area (TPSA) is 29.1 Å². The van der Waals surface area contributed by atoms with Crippen LogP contribution >= 0.6 is 0 Å². The van der Waals surface area contributed by atoms with Crippen LogP contribution in [-0.2, 0) is 12.6 Å². The highest BCUT2D eigenvalue weighted by Crippen LogP contribution is 2.39. The van der Waals surface area contributed by atoms with Crippen molar-refractivity contribution in [2.45, 2.75) is 76.9 Å². The molecular weight excluding hydrogens is 339 g/mol. The molecule has 2 fully saturated rings. The number of alkyl halides is 3. The fourth-order valence-electron chi connectivity index (χ4n) is 4.82. The van der Waals surface area contributed by atoms with Crippen molar-refractivity contribution in [2.24, 2.45) is 11.8 Å². The van der Waals surface area contributed by atoms with Crippen LogP contribution < -0.4 is 5.32 Å². The van der Waals surface area contributed by atoms with Crippen LogP contribution in [-0.4, -0.2) is 11.9 Å². The second-order valence-corrected chi connectivity index (χ2v) is 7.80. The van der Waals surface area contributed by atoms with E-state index in [2.05, 4.69) is 5.32 Å². The Hall–Kier alpha value is -1.52. The van der Waals surface area contributed by atoms with Crippen LogP contribution in [0.1, 0.15) is 79.8 Å². The third-order valence-electron chi connectivity index (χ3n) is 6.20. The third kappa shape index (κ3) is 4.24. The van der Waals surface area contributed by atoms with E-state index in [1.54, 1.807) is 6.92 Å². The molecule has 1 amide bonds. The SMILES string of the molecule is CCc1cc(C(F)(F)F)ccc1C(=O)N[C@H]1CCC[C@H]1C1CCCCC1. The minimum atomic E-state index is -4.38. The zero-order chi connectivity index (χ0) is 18.7. The molecule has 0 aromatic heterocycles. The lowest BCUT2D eigenvalue weighted by molar-refractivity contribution is -0.137. The number of aryl methyl sites for hydroxylation is 1. The Bertz CT molecular complexity index is 635. The van der Waals surface area contributed by atoms with Gasteiger partial charge in [0.05, 0.1) is 5.56 Å². The summed E-state index contributed by atoms with van der Waals surface area (Å²) < 4.78 is 38.8. The first kappa shape index (κ1) is 19.2. The van der Waals surface area contributed by atoms with Gasteiger partial charge in [-0.1, -0.05) is 45.4 Å². The average Bonchev–Trinajstić information content (AvgIpc) is 3.09. The van der Waals surface area contributed by atoms with Gasteiger partial charge in [-0.05, 0) is 54.9 Å². The van der Waals surface area contributed by atoms with Crippen LogP contribution in [0.5, 0.6) is 0 Å². The lowest BCUT2D eigenvalue weighted by Gasteiger charge is -2.32. The van der Waals surface area contributed by atoms with Gasteiger partial charge in [-0.25, -0.2) is 0 Å². The number of rotatable bonds is 4. The summed E-state index contributed by atoms with van der Waals surface area (Å²) in [5.74, 6) is 0.997. The lowest BCUT2D eigenvalue weighted by atomic mass is 9.77. The molecule has 2 atom stereocenters. The quantitative estimate of drug-likeness (QED) is 0.722. The molecule has 3 rings (SSSR count). The van der Waals surface area contributed by atoms with E-state index in [1.165, 1.54) is 38.2 Å². The van der Waals surface area contributed by atoms with Gasteiger partial charge in [-0.3, -0.25) is 4.79 Å². The van der Waals surface area contributed by atoms with Crippen LogP contribution in [0.25, 0.3) is 0 Å². The standard InChI is InChI=1S/C21H28F3NO/c1-2-14-13-16(21(22,23)24)11-12-18(14)20(26)25-19-10-6-9-17(19)15-7-4-3-5-8-15/h11-13,15,17,19H,2-10H2,1H3,(H,25,26)/t17-,19-/m0/s1. The van der Waals surface area contributed by atoms with E-state index in [0.29, 0.717) is 29.4 Å². The largest absolute Gasteiger partial charge is 0.416 e. The van der Waals surface area contributed by atoms with Crippen LogP contribution in [0.3, 0.4) is 0 Å². The van der Waals surface area contributed by atoms with Crippen molar-refractivity contribution in [3.63, 3.8) is 0 Å². The van der Waals surface area contributed by atoms with Crippen molar-refractivity contribution in [3.8, 4) is 0 Å². The maximum atomic E-state index is 12.9. The lowest BCUT2D eigenvalue weighted by Crippen LogP contribution is -2.40. The number of nitrogens with one attached hydrogen (secondary N) is 1. The molecule has 0 unspecified atom stereocenters. The smallest absolute Gasteiger partial charge is 0.349 e. The van der Waals surface area contributed by atoms with Gasteiger partial charge >= 0.3 is 6.18 Å². The van der Waals surface area contributed by atoms with Gasteiger partial charge in [0.25, 0.3) is 5.91 Å². The van der Waals surface area contributed by atoms with E-state index < -0.39 is 11.7 Å². The van der Waals surface area contributed by atoms with Gasteiger partial charge in [0.1, 0.15) is 0 Å². The molecule has 0 saturated heterocycles. The van der Waals surface area contributed by atoms with E-state index in [1.807, 2.05) is 0 Å². The predicted molar refractivity (Wildman–Crippen MR) is 96.0 cm³/mol. The number of amides is 1. The summed E-state index contributed by atoms with van der Waals surface area (Å²) in [6.45, 7) is 1.78. The molecule has 5 heteroatoms. The van der Waals surface area contributed by atoms with Gasteiger partial charge < -0.3 is 5.32 Å². The van der Waals surface area contributed by atoms with E-state index >= 15 is 0 Å². The molecule has 2 aliphatic rings. The molecule has 0 radical (unpaired) electrons. The van der Waals surface area contributed by atoms with Gasteiger partial charge in [0.15, 0.2) is 0 Å². The summed E-state index contributed by atoms with van der Waals surface area (Å²) in [4.78, 5) is 12.8. The molecular formula is C21H28F3NO. The first-order chi connectivity index (χ1) is 12.4. The highest BCUT2D eigenvalue weighted by atomic mass is 19.4. The molecule has 0 aliphatic heterocycles. The Morgan fingerprint density at radius 3 is 2.46 bits per heavy atom. The van der Waals surface area contributed by atoms with E-state index in [9.17, 15) is 18.0 Å². The fourth-order valence-corrected chi connectivity index (χ4v) is 4.82. The molecule has 2 saturated carbocycles. The van der Waals surface area contributed by atoms with Gasteiger partial charge in [0.2, 0.25) is 0 Å². The third-order valence-corrected chi connectivity index (χ3v) is 6.20. The highest BCUT2D eigenvalue weighted by Gasteiger charge is 2.36. The molecule has 2 nitrogen and oxygen atoms in total. The monoisotopic (exact) mass is 367 g/mol. The molecule has 0 heterocycles. The zero-order valence-corrected chi connectivity index (χ0v) is 15.4. The molecule has 26 heavy (non-hydrogen) atoms. The predicted octanol–water partition coefficient (Wildman–Crippen LogP) is 5.75. The van der Waals surface area contributed by atoms with E-state index in [0.717, 1.165) is 31.4 Å². The summed E-state index contributed by atoms with van der Waals surface area (Å²) in [5.41, 5.74) is 0.159. The van der Waals surface area contributed by atoms with Gasteiger partial charge in [-0.15, -0.1) is 0 Å². The first-order valence-corrected chi connectivity index (χ1v) is 9.91. The maximum Gasteiger partial charge on any atom is 0.416 e. The Morgan fingerprint density at radius 1 is 1.08 bits per heavy atom. The van der Waals surface area contributed by atoms with Crippen molar-refractivity contribution in [3.05, 3.63) is 34.9 Å². The summed E-state index contributed by atoms with van der Waals surface area (Å²) in [6, 6.07) is 3.63. The Balaban J connectivity index is 1.72. The van der Waals surface area contributed by atoms with Gasteiger partial charge in [-0.2, -0.15) is 13.2 Å². The van der Waals surface area contributed by atoms with Crippen molar-refractivity contribution in [1.29, 1.82) is 0 Å². The van der Waals surface area contributed by atoms with Gasteiger partial charge in [0, 0.05) is 11.6 Å². The molecule has 1 aromatic rings. The van der Waals surface area contributed by atoms with E-state index in [-0.39, 0.29) is 11.9 Å². The van der Waals surface area contributed by atoms with Crippen LogP contribution in [0, 0.1) is 11.8 Å². The van der Waals surface area contributed by atoms with Crippen molar-refractivity contribution >= 4 is 5.91 Å². The minimum absolute atomic E-state index is 0.164. The van der Waals surface area contributed by atoms with E-state index in [4.69, 9.17) is 0 Å². The van der Waals surface area contributed by atoms with Crippen molar-refractivity contribution < 1.29 is 18.0 Å². The van der Waals surface area contributed by atoms with Crippen LogP contribution in [0.4, 0.5) is 13.2 Å². The molecule has 1 aromatic carbocycles. The highest BCUT2D eigenvalue weighted by molar-refractivity contribution is 5.96. The molecule has 144 valence electrons. The second kappa shape index (κ2) is 8.01. The molecule has 0 bridgehead atoms. The minimum Gasteiger partial charge on any atom is -0.349 e. The van der Waals surface area contributed by atoms with Crippen molar-refractivity contribution in [1.82, 2.24) is 5.32 Å². The number of hydrogen-bond acceptors (Lipinski definition) is 1. The van der Waals surface area contributed by atoms with Crippen LogP contribution in [0.2, 0.25) is 0 Å². The number of benzene rings is 1. The average molecular weight is 367 g/mol. The van der Waals surface area contributed by atoms with Crippen molar-refractivity contribution in [2.75, 3.05) is 0 Å². The zero-order valence-electron chi connectivity index (χ0n) is 15.4. The van der Waals surface area contributed by atoms with Crippen LogP contribution in [0.15, 0.2) is 18.2 Å². The molecule has 2 aliphatic carbocycles. The first-order valence-electron chi connectivity index (χ1n) is 9.91. The Kier molecular flexibility index (Phi) is 5.93. The summed E-state index contributed by atoms with van der Waals surface area (Å²) in [5, 5.41) is 3.16. The number of halogens is 3. The summed E-state index contributed by atoms with van der Waals surface area (Å²) in [7, 11) is 0. The normalized spacial score (nSPS) is 24.6. The number of hydrogen-bond donors (Lipinski definition) is 1. The number of carbonyl (C=O) groups excluding carboxylic acids is 1. The fraction of sp³-hybridized carbons (Fsp3) is 0.667.